The number of nitrogens with one attached hydrogen (secondary N) is 1. The molecular weight excluding hydrogens is 288 g/mol. The summed E-state index contributed by atoms with van der Waals surface area (Å²) in [6.07, 6.45) is 9.72. The van der Waals surface area contributed by atoms with Crippen LogP contribution in [0.1, 0.15) is 50.3 Å². The predicted molar refractivity (Wildman–Crippen MR) is 90.3 cm³/mol. The summed E-state index contributed by atoms with van der Waals surface area (Å²) in [5.41, 5.74) is 0. The Morgan fingerprint density at radius 1 is 1.09 bits per heavy atom. The molecule has 2 saturated heterocycles. The number of furan rings is 1. The van der Waals surface area contributed by atoms with Gasteiger partial charge in [0.2, 0.25) is 0 Å². The standard InChI is InChI=1S/C19H30N2O2/c1-2-10-21(9-1)17(18-4-3-11-23-18)14-20-19(15-5-6-15)16-7-12-22-13-8-16/h3-4,11,15-17,19-20H,1-2,5-10,12-14H2. The largest absolute Gasteiger partial charge is 0.468 e. The number of nitrogens with zero attached hydrogens (tertiary/aromatic N) is 1. The van der Waals surface area contributed by atoms with Gasteiger partial charge in [-0.3, -0.25) is 4.90 Å². The van der Waals surface area contributed by atoms with Gasteiger partial charge in [-0.25, -0.2) is 0 Å². The molecule has 0 bridgehead atoms. The fourth-order valence-electron chi connectivity index (χ4n) is 4.44. The lowest BCUT2D eigenvalue weighted by atomic mass is 9.88. The van der Waals surface area contributed by atoms with E-state index >= 15 is 0 Å². The van der Waals surface area contributed by atoms with Crippen molar-refractivity contribution in [3.63, 3.8) is 0 Å². The van der Waals surface area contributed by atoms with E-state index in [2.05, 4.69) is 16.3 Å². The second-order valence-corrected chi connectivity index (χ2v) is 7.50. The first kappa shape index (κ1) is 15.7. The Kier molecular flexibility index (Phi) is 5.02. The minimum Gasteiger partial charge on any atom is -0.468 e. The van der Waals surface area contributed by atoms with Crippen LogP contribution in [-0.4, -0.2) is 43.8 Å². The predicted octanol–water partition coefficient (Wildman–Crippen LogP) is 3.21. The van der Waals surface area contributed by atoms with Crippen molar-refractivity contribution < 1.29 is 9.15 Å². The maximum atomic E-state index is 5.76. The monoisotopic (exact) mass is 318 g/mol. The first-order valence-corrected chi connectivity index (χ1v) is 9.50. The highest BCUT2D eigenvalue weighted by atomic mass is 16.5. The van der Waals surface area contributed by atoms with Gasteiger partial charge >= 0.3 is 0 Å². The first-order chi connectivity index (χ1) is 11.4. The van der Waals surface area contributed by atoms with Crippen LogP contribution in [0.25, 0.3) is 0 Å². The number of rotatable bonds is 7. The lowest BCUT2D eigenvalue weighted by Crippen LogP contribution is -2.44. The highest BCUT2D eigenvalue weighted by Gasteiger charge is 2.38. The highest BCUT2D eigenvalue weighted by molar-refractivity contribution is 5.07. The van der Waals surface area contributed by atoms with Gasteiger partial charge in [0.25, 0.3) is 0 Å². The van der Waals surface area contributed by atoms with Crippen LogP contribution >= 0.6 is 0 Å². The van der Waals surface area contributed by atoms with E-state index in [1.807, 2.05) is 12.3 Å². The third-order valence-corrected chi connectivity index (χ3v) is 5.90. The molecule has 4 rings (SSSR count). The molecule has 4 heteroatoms. The van der Waals surface area contributed by atoms with Crippen molar-refractivity contribution in [2.45, 2.75) is 50.6 Å². The van der Waals surface area contributed by atoms with Crippen LogP contribution in [0.2, 0.25) is 0 Å². The van der Waals surface area contributed by atoms with Crippen molar-refractivity contribution in [2.24, 2.45) is 11.8 Å². The zero-order valence-corrected chi connectivity index (χ0v) is 14.1. The van der Waals surface area contributed by atoms with E-state index in [-0.39, 0.29) is 0 Å². The fraction of sp³-hybridized carbons (Fsp3) is 0.789. The molecule has 23 heavy (non-hydrogen) atoms. The molecule has 1 aromatic rings. The molecule has 0 amide bonds. The van der Waals surface area contributed by atoms with Crippen LogP contribution < -0.4 is 5.32 Å². The fourth-order valence-corrected chi connectivity index (χ4v) is 4.44. The molecule has 1 N–H and O–H groups in total. The molecule has 3 aliphatic rings. The Morgan fingerprint density at radius 2 is 1.83 bits per heavy atom. The molecule has 0 spiro atoms. The van der Waals surface area contributed by atoms with Crippen molar-refractivity contribution in [3.8, 4) is 0 Å². The number of hydrogen-bond acceptors (Lipinski definition) is 4. The SMILES string of the molecule is c1coc(C(CNC(C2CCOCC2)C2CC2)N2CCCC2)c1. The average molecular weight is 318 g/mol. The molecule has 4 nitrogen and oxygen atoms in total. The van der Waals surface area contributed by atoms with E-state index in [0.717, 1.165) is 37.4 Å². The minimum absolute atomic E-state index is 0.397. The molecule has 0 aromatic carbocycles. The summed E-state index contributed by atoms with van der Waals surface area (Å²) in [4.78, 5) is 2.60. The van der Waals surface area contributed by atoms with E-state index in [1.165, 1.54) is 51.6 Å². The summed E-state index contributed by atoms with van der Waals surface area (Å²) < 4.78 is 11.3. The Hall–Kier alpha value is -0.840. The van der Waals surface area contributed by atoms with Gasteiger partial charge in [-0.1, -0.05) is 0 Å². The lowest BCUT2D eigenvalue weighted by Gasteiger charge is -2.34. The van der Waals surface area contributed by atoms with Gasteiger partial charge in [0, 0.05) is 25.8 Å². The number of likely N-dealkylation sites (tertiary alicyclic amines) is 1. The van der Waals surface area contributed by atoms with Gasteiger partial charge in [-0.15, -0.1) is 0 Å². The topological polar surface area (TPSA) is 37.6 Å². The summed E-state index contributed by atoms with van der Waals surface area (Å²) in [7, 11) is 0. The van der Waals surface area contributed by atoms with Crippen molar-refractivity contribution in [3.05, 3.63) is 24.2 Å². The van der Waals surface area contributed by atoms with E-state index in [0.29, 0.717) is 12.1 Å². The van der Waals surface area contributed by atoms with E-state index in [1.54, 1.807) is 0 Å². The van der Waals surface area contributed by atoms with Crippen molar-refractivity contribution in [1.29, 1.82) is 0 Å². The molecule has 0 radical (unpaired) electrons. The third kappa shape index (κ3) is 3.81. The van der Waals surface area contributed by atoms with Gasteiger partial charge in [-0.05, 0) is 75.6 Å². The summed E-state index contributed by atoms with van der Waals surface area (Å²) in [5.74, 6) is 2.82. The average Bonchev–Trinajstić information content (AvgIpc) is 3.05. The zero-order chi connectivity index (χ0) is 15.5. The molecule has 2 atom stereocenters. The molecule has 2 aliphatic heterocycles. The molecular formula is C19H30N2O2. The number of hydrogen-bond donors (Lipinski definition) is 1. The Morgan fingerprint density at radius 3 is 2.48 bits per heavy atom. The Labute approximate surface area is 139 Å². The van der Waals surface area contributed by atoms with Crippen LogP contribution in [0.5, 0.6) is 0 Å². The van der Waals surface area contributed by atoms with Crippen molar-refractivity contribution >= 4 is 0 Å². The van der Waals surface area contributed by atoms with Crippen LogP contribution in [0.15, 0.2) is 22.8 Å². The summed E-state index contributed by atoms with van der Waals surface area (Å²) >= 11 is 0. The van der Waals surface area contributed by atoms with Crippen molar-refractivity contribution in [1.82, 2.24) is 10.2 Å². The second-order valence-electron chi connectivity index (χ2n) is 7.50. The van der Waals surface area contributed by atoms with E-state index < -0.39 is 0 Å². The molecule has 3 fully saturated rings. The highest BCUT2D eigenvalue weighted by Crippen LogP contribution is 2.39. The molecule has 2 unspecified atom stereocenters. The Bertz CT molecular complexity index is 460. The quantitative estimate of drug-likeness (QED) is 0.838. The summed E-state index contributed by atoms with van der Waals surface area (Å²) in [6, 6.07) is 5.24. The molecule has 128 valence electrons. The normalized spacial score (nSPS) is 26.4. The number of ether oxygens (including phenoxy) is 1. The van der Waals surface area contributed by atoms with Crippen LogP contribution in [0.3, 0.4) is 0 Å². The minimum atomic E-state index is 0.397. The van der Waals surface area contributed by atoms with E-state index in [4.69, 9.17) is 9.15 Å². The van der Waals surface area contributed by atoms with Crippen LogP contribution in [0, 0.1) is 11.8 Å². The van der Waals surface area contributed by atoms with Gasteiger partial charge in [0.1, 0.15) is 5.76 Å². The first-order valence-electron chi connectivity index (χ1n) is 9.50. The summed E-state index contributed by atoms with van der Waals surface area (Å²) in [6.45, 7) is 5.33. The molecule has 1 saturated carbocycles. The molecule has 1 aliphatic carbocycles. The second kappa shape index (κ2) is 7.37. The molecule has 1 aromatic heterocycles. The maximum Gasteiger partial charge on any atom is 0.122 e. The van der Waals surface area contributed by atoms with Gasteiger partial charge < -0.3 is 14.5 Å². The zero-order valence-electron chi connectivity index (χ0n) is 14.1. The maximum absolute atomic E-state index is 5.76. The molecule has 3 heterocycles. The smallest absolute Gasteiger partial charge is 0.122 e. The Balaban J connectivity index is 1.41. The van der Waals surface area contributed by atoms with Gasteiger partial charge in [0.15, 0.2) is 0 Å². The van der Waals surface area contributed by atoms with Crippen LogP contribution in [-0.2, 0) is 4.74 Å². The van der Waals surface area contributed by atoms with Gasteiger partial charge in [-0.2, -0.15) is 0 Å². The van der Waals surface area contributed by atoms with Crippen molar-refractivity contribution in [2.75, 3.05) is 32.8 Å². The lowest BCUT2D eigenvalue weighted by molar-refractivity contribution is 0.0490. The van der Waals surface area contributed by atoms with Gasteiger partial charge in [0.05, 0.1) is 12.3 Å². The summed E-state index contributed by atoms with van der Waals surface area (Å²) in [5, 5.41) is 3.96. The third-order valence-electron chi connectivity index (χ3n) is 5.90. The van der Waals surface area contributed by atoms with Crippen LogP contribution in [0.4, 0.5) is 0 Å². The van der Waals surface area contributed by atoms with E-state index in [9.17, 15) is 0 Å².